The number of aryl methyl sites for hydroxylation is 1. The summed E-state index contributed by atoms with van der Waals surface area (Å²) in [6.45, 7) is 1.92. The van der Waals surface area contributed by atoms with Crippen LogP contribution in [-0.2, 0) is 0 Å². The second-order valence-electron chi connectivity index (χ2n) is 3.24. The van der Waals surface area contributed by atoms with Gasteiger partial charge in [-0.2, -0.15) is 0 Å². The van der Waals surface area contributed by atoms with Crippen molar-refractivity contribution < 1.29 is 5.11 Å². The molecule has 0 aromatic heterocycles. The van der Waals surface area contributed by atoms with Crippen molar-refractivity contribution in [3.63, 3.8) is 0 Å². The van der Waals surface area contributed by atoms with Crippen LogP contribution in [0.15, 0.2) is 18.2 Å². The molecule has 0 saturated heterocycles. The standard InChI is InChI=1S/C12H13ClO/c1-3-4-8-11(14)10-7-5-6-9(2)12(10)13/h1,5-7,11,14H,4,8H2,2H3. The van der Waals surface area contributed by atoms with Crippen molar-refractivity contribution in [3.05, 3.63) is 34.3 Å². The Morgan fingerprint density at radius 3 is 2.93 bits per heavy atom. The largest absolute Gasteiger partial charge is 0.388 e. The second-order valence-corrected chi connectivity index (χ2v) is 3.61. The van der Waals surface area contributed by atoms with Crippen molar-refractivity contribution in [3.8, 4) is 12.3 Å². The van der Waals surface area contributed by atoms with E-state index in [9.17, 15) is 5.11 Å². The molecule has 0 saturated carbocycles. The van der Waals surface area contributed by atoms with Crippen molar-refractivity contribution in [2.45, 2.75) is 25.9 Å². The van der Waals surface area contributed by atoms with Crippen LogP contribution in [0.4, 0.5) is 0 Å². The number of hydrogen-bond donors (Lipinski definition) is 1. The summed E-state index contributed by atoms with van der Waals surface area (Å²) in [6, 6.07) is 5.63. The summed E-state index contributed by atoms with van der Waals surface area (Å²) in [4.78, 5) is 0. The molecule has 0 spiro atoms. The van der Waals surface area contributed by atoms with E-state index in [1.807, 2.05) is 25.1 Å². The zero-order valence-corrected chi connectivity index (χ0v) is 8.88. The monoisotopic (exact) mass is 208 g/mol. The van der Waals surface area contributed by atoms with Gasteiger partial charge >= 0.3 is 0 Å². The lowest BCUT2D eigenvalue weighted by Crippen LogP contribution is -1.98. The summed E-state index contributed by atoms with van der Waals surface area (Å²) in [5, 5.41) is 10.4. The van der Waals surface area contributed by atoms with E-state index in [0.29, 0.717) is 17.9 Å². The average Bonchev–Trinajstić information content (AvgIpc) is 2.18. The quantitative estimate of drug-likeness (QED) is 0.757. The van der Waals surface area contributed by atoms with Gasteiger partial charge in [-0.15, -0.1) is 12.3 Å². The van der Waals surface area contributed by atoms with Crippen molar-refractivity contribution in [2.75, 3.05) is 0 Å². The number of halogens is 1. The molecule has 0 fully saturated rings. The van der Waals surface area contributed by atoms with Gasteiger partial charge < -0.3 is 5.11 Å². The lowest BCUT2D eigenvalue weighted by Gasteiger charge is -2.12. The molecular formula is C12H13ClO. The molecule has 0 amide bonds. The molecular weight excluding hydrogens is 196 g/mol. The molecule has 1 aromatic carbocycles. The highest BCUT2D eigenvalue weighted by Gasteiger charge is 2.11. The zero-order valence-electron chi connectivity index (χ0n) is 8.13. The molecule has 0 bridgehead atoms. The first-order valence-corrected chi connectivity index (χ1v) is 4.91. The van der Waals surface area contributed by atoms with E-state index in [1.54, 1.807) is 0 Å². The molecule has 0 aliphatic heterocycles. The van der Waals surface area contributed by atoms with Gasteiger partial charge in [0.2, 0.25) is 0 Å². The molecule has 0 heterocycles. The first-order chi connectivity index (χ1) is 6.66. The maximum atomic E-state index is 9.78. The van der Waals surface area contributed by atoms with E-state index in [4.69, 9.17) is 18.0 Å². The van der Waals surface area contributed by atoms with Gasteiger partial charge in [-0.3, -0.25) is 0 Å². The predicted molar refractivity (Wildman–Crippen MR) is 59.2 cm³/mol. The topological polar surface area (TPSA) is 20.2 Å². The molecule has 0 aliphatic rings. The molecule has 74 valence electrons. The van der Waals surface area contributed by atoms with Gasteiger partial charge in [-0.05, 0) is 24.5 Å². The minimum atomic E-state index is -0.557. The number of hydrogen-bond acceptors (Lipinski definition) is 1. The predicted octanol–water partition coefficient (Wildman–Crippen LogP) is 3.10. The fourth-order valence-electron chi connectivity index (χ4n) is 1.30. The van der Waals surface area contributed by atoms with Gasteiger partial charge in [-0.25, -0.2) is 0 Å². The van der Waals surface area contributed by atoms with Gasteiger partial charge in [0.15, 0.2) is 0 Å². The zero-order chi connectivity index (χ0) is 10.6. The van der Waals surface area contributed by atoms with Crippen molar-refractivity contribution in [1.82, 2.24) is 0 Å². The molecule has 2 heteroatoms. The van der Waals surface area contributed by atoms with E-state index in [2.05, 4.69) is 5.92 Å². The Labute approximate surface area is 89.7 Å². The van der Waals surface area contributed by atoms with Gasteiger partial charge in [-0.1, -0.05) is 29.8 Å². The number of terminal acetylenes is 1. The summed E-state index contributed by atoms with van der Waals surface area (Å²) in [6.07, 6.45) is 5.69. The minimum Gasteiger partial charge on any atom is -0.388 e. The van der Waals surface area contributed by atoms with Gasteiger partial charge in [0.1, 0.15) is 0 Å². The summed E-state index contributed by atoms with van der Waals surface area (Å²) in [5.74, 6) is 2.50. The van der Waals surface area contributed by atoms with Crippen LogP contribution in [0.3, 0.4) is 0 Å². The summed E-state index contributed by atoms with van der Waals surface area (Å²) >= 11 is 6.06. The number of aliphatic hydroxyl groups excluding tert-OH is 1. The third-order valence-electron chi connectivity index (χ3n) is 2.14. The Morgan fingerprint density at radius 2 is 2.29 bits per heavy atom. The molecule has 1 N–H and O–H groups in total. The van der Waals surface area contributed by atoms with Crippen LogP contribution in [0.2, 0.25) is 5.02 Å². The lowest BCUT2D eigenvalue weighted by molar-refractivity contribution is 0.169. The smallest absolute Gasteiger partial charge is 0.0813 e. The van der Waals surface area contributed by atoms with E-state index in [-0.39, 0.29) is 0 Å². The number of rotatable bonds is 3. The summed E-state index contributed by atoms with van der Waals surface area (Å²) in [7, 11) is 0. The molecule has 14 heavy (non-hydrogen) atoms. The second kappa shape index (κ2) is 5.05. The van der Waals surface area contributed by atoms with Crippen molar-refractivity contribution in [2.24, 2.45) is 0 Å². The van der Waals surface area contributed by atoms with Crippen molar-refractivity contribution >= 4 is 11.6 Å². The molecule has 1 rings (SSSR count). The number of benzene rings is 1. The van der Waals surface area contributed by atoms with Crippen LogP contribution in [0.1, 0.15) is 30.1 Å². The van der Waals surface area contributed by atoms with Crippen LogP contribution in [0.5, 0.6) is 0 Å². The van der Waals surface area contributed by atoms with Crippen LogP contribution in [0.25, 0.3) is 0 Å². The molecule has 1 unspecified atom stereocenters. The maximum absolute atomic E-state index is 9.78. The highest BCUT2D eigenvalue weighted by molar-refractivity contribution is 6.32. The van der Waals surface area contributed by atoms with Crippen LogP contribution in [-0.4, -0.2) is 5.11 Å². The fraction of sp³-hybridized carbons (Fsp3) is 0.333. The van der Waals surface area contributed by atoms with Crippen molar-refractivity contribution in [1.29, 1.82) is 0 Å². The van der Waals surface area contributed by atoms with Crippen LogP contribution < -0.4 is 0 Å². The first-order valence-electron chi connectivity index (χ1n) is 4.53. The van der Waals surface area contributed by atoms with Gasteiger partial charge in [0.05, 0.1) is 6.10 Å². The molecule has 0 aliphatic carbocycles. The first kappa shape index (κ1) is 11.1. The highest BCUT2D eigenvalue weighted by atomic mass is 35.5. The van der Waals surface area contributed by atoms with E-state index in [1.165, 1.54) is 0 Å². The van der Waals surface area contributed by atoms with Crippen LogP contribution >= 0.6 is 11.6 Å². The molecule has 1 atom stereocenters. The van der Waals surface area contributed by atoms with E-state index < -0.39 is 6.10 Å². The Morgan fingerprint density at radius 1 is 1.57 bits per heavy atom. The summed E-state index contributed by atoms with van der Waals surface area (Å²) < 4.78 is 0. The SMILES string of the molecule is C#CCCC(O)c1cccc(C)c1Cl. The third-order valence-corrected chi connectivity index (χ3v) is 2.66. The lowest BCUT2D eigenvalue weighted by atomic mass is 10.0. The Kier molecular flexibility index (Phi) is 4.00. The Balaban J connectivity index is 2.85. The maximum Gasteiger partial charge on any atom is 0.0813 e. The minimum absolute atomic E-state index is 0.555. The van der Waals surface area contributed by atoms with E-state index in [0.717, 1.165) is 11.1 Å². The molecule has 0 radical (unpaired) electrons. The number of aliphatic hydroxyl groups is 1. The summed E-state index contributed by atoms with van der Waals surface area (Å²) in [5.41, 5.74) is 1.74. The third kappa shape index (κ3) is 2.51. The van der Waals surface area contributed by atoms with Gasteiger partial charge in [0.25, 0.3) is 0 Å². The Hall–Kier alpha value is -0.970. The fourth-order valence-corrected chi connectivity index (χ4v) is 1.55. The molecule has 1 aromatic rings. The van der Waals surface area contributed by atoms with E-state index >= 15 is 0 Å². The average molecular weight is 209 g/mol. The van der Waals surface area contributed by atoms with Crippen LogP contribution in [0, 0.1) is 19.3 Å². The van der Waals surface area contributed by atoms with Gasteiger partial charge in [0, 0.05) is 11.4 Å². The molecule has 1 nitrogen and oxygen atoms in total. The highest BCUT2D eigenvalue weighted by Crippen LogP contribution is 2.28. The normalized spacial score (nSPS) is 12.1. The Bertz CT molecular complexity index is 352.